The minimum absolute atomic E-state index is 0.000660. The van der Waals surface area contributed by atoms with E-state index >= 15 is 0 Å². The third kappa shape index (κ3) is 2.83. The number of pyridine rings is 1. The standard InChI is InChI=1S/C27H28N2O4/c1-15(2)22-21-18(11-12-20(21)30)23(24(31)17-9-7-16(3)8-10-17)27(22)19-6-5-13-28-25(19)29(14-33-4)26(27)32/h5-13,15,18,21-23H,14H2,1-4H3/t18-,21-,22-,23-,27+/m1/s1. The molecule has 1 fully saturated rings. The SMILES string of the molecule is COCN1C(=O)[C@@]2(c3cccnc31)[C@H](C(C)C)[C@H]1C(=O)C=C[C@H]1[C@@H]2C(=O)c1ccc(C)cc1. The van der Waals surface area contributed by atoms with E-state index < -0.39 is 17.3 Å². The number of hydrogen-bond acceptors (Lipinski definition) is 5. The minimum atomic E-state index is -1.17. The van der Waals surface area contributed by atoms with E-state index in [1.165, 1.54) is 12.0 Å². The van der Waals surface area contributed by atoms with Gasteiger partial charge in [0.25, 0.3) is 0 Å². The van der Waals surface area contributed by atoms with Crippen LogP contribution in [0.5, 0.6) is 0 Å². The molecule has 1 amide bonds. The molecular weight excluding hydrogens is 416 g/mol. The van der Waals surface area contributed by atoms with E-state index in [-0.39, 0.29) is 42.0 Å². The van der Waals surface area contributed by atoms with E-state index in [4.69, 9.17) is 4.74 Å². The molecule has 2 aromatic rings. The Bertz CT molecular complexity index is 1170. The summed E-state index contributed by atoms with van der Waals surface area (Å²) in [5.74, 6) is -1.56. The lowest BCUT2D eigenvalue weighted by Crippen LogP contribution is -2.52. The fraction of sp³-hybridized carbons (Fsp3) is 0.407. The highest BCUT2D eigenvalue weighted by Gasteiger charge is 2.72. The quantitative estimate of drug-likeness (QED) is 0.657. The highest BCUT2D eigenvalue weighted by Crippen LogP contribution is 2.65. The van der Waals surface area contributed by atoms with Crippen molar-refractivity contribution in [2.75, 3.05) is 18.7 Å². The first kappa shape index (κ1) is 21.7. The number of fused-ring (bicyclic) bond motifs is 3. The minimum Gasteiger partial charge on any atom is -0.364 e. The van der Waals surface area contributed by atoms with E-state index in [0.717, 1.165) is 11.1 Å². The molecular formula is C27H28N2O4. The average Bonchev–Trinajstić information content (AvgIpc) is 3.39. The number of rotatable bonds is 5. The molecule has 0 unspecified atom stereocenters. The predicted octanol–water partition coefficient (Wildman–Crippen LogP) is 3.73. The smallest absolute Gasteiger partial charge is 0.241 e. The van der Waals surface area contributed by atoms with Crippen LogP contribution in [0.3, 0.4) is 0 Å². The van der Waals surface area contributed by atoms with Gasteiger partial charge in [0, 0.05) is 36.3 Å². The molecule has 2 heterocycles. The number of carbonyl (C=O) groups is 3. The van der Waals surface area contributed by atoms with Crippen molar-refractivity contribution < 1.29 is 19.1 Å². The number of carbonyl (C=O) groups excluding carboxylic acids is 3. The molecule has 3 aliphatic rings. The normalized spacial score (nSPS) is 29.9. The summed E-state index contributed by atoms with van der Waals surface area (Å²) in [7, 11) is 1.53. The maximum Gasteiger partial charge on any atom is 0.241 e. The van der Waals surface area contributed by atoms with Crippen molar-refractivity contribution in [3.05, 3.63) is 71.4 Å². The van der Waals surface area contributed by atoms with Crippen LogP contribution in [0.25, 0.3) is 0 Å². The van der Waals surface area contributed by atoms with E-state index in [1.54, 1.807) is 18.3 Å². The summed E-state index contributed by atoms with van der Waals surface area (Å²) in [5.41, 5.74) is 1.17. The summed E-state index contributed by atoms with van der Waals surface area (Å²) in [6.07, 6.45) is 5.11. The highest BCUT2D eigenvalue weighted by atomic mass is 16.5. The van der Waals surface area contributed by atoms with E-state index in [1.807, 2.05) is 57.2 Å². The molecule has 1 aromatic heterocycles. The number of hydrogen-bond donors (Lipinski definition) is 0. The predicted molar refractivity (Wildman–Crippen MR) is 124 cm³/mol. The van der Waals surface area contributed by atoms with Crippen molar-refractivity contribution >= 4 is 23.3 Å². The molecule has 0 N–H and O–H groups in total. The van der Waals surface area contributed by atoms with E-state index in [9.17, 15) is 14.4 Å². The number of ether oxygens (including phenoxy) is 1. The molecule has 5 atom stereocenters. The number of aromatic nitrogens is 1. The van der Waals surface area contributed by atoms with Crippen molar-refractivity contribution in [1.82, 2.24) is 4.98 Å². The zero-order valence-corrected chi connectivity index (χ0v) is 19.3. The fourth-order valence-electron chi connectivity index (χ4n) is 6.62. The lowest BCUT2D eigenvalue weighted by Gasteiger charge is -2.38. The molecule has 1 aromatic carbocycles. The van der Waals surface area contributed by atoms with Crippen LogP contribution < -0.4 is 4.90 Å². The van der Waals surface area contributed by atoms with Gasteiger partial charge in [-0.3, -0.25) is 19.3 Å². The molecule has 1 saturated carbocycles. The van der Waals surface area contributed by atoms with Crippen LogP contribution in [-0.4, -0.2) is 36.3 Å². The molecule has 1 aliphatic heterocycles. The van der Waals surface area contributed by atoms with Crippen molar-refractivity contribution in [3.8, 4) is 0 Å². The Hall–Kier alpha value is -3.12. The number of ketones is 2. The topological polar surface area (TPSA) is 76.6 Å². The Morgan fingerprint density at radius 2 is 1.91 bits per heavy atom. The van der Waals surface area contributed by atoms with Gasteiger partial charge in [-0.1, -0.05) is 55.8 Å². The summed E-state index contributed by atoms with van der Waals surface area (Å²) in [6.45, 7) is 6.09. The van der Waals surface area contributed by atoms with Crippen LogP contribution in [-0.2, 0) is 19.7 Å². The second kappa shape index (κ2) is 7.73. The van der Waals surface area contributed by atoms with Gasteiger partial charge in [-0.2, -0.15) is 0 Å². The molecule has 6 nitrogen and oxygen atoms in total. The lowest BCUT2D eigenvalue weighted by atomic mass is 9.61. The van der Waals surface area contributed by atoms with Crippen LogP contribution in [0.4, 0.5) is 5.82 Å². The molecule has 2 aliphatic carbocycles. The van der Waals surface area contributed by atoms with Gasteiger partial charge in [0.05, 0.1) is 5.41 Å². The molecule has 33 heavy (non-hydrogen) atoms. The van der Waals surface area contributed by atoms with Gasteiger partial charge in [0.15, 0.2) is 11.6 Å². The first-order valence-electron chi connectivity index (χ1n) is 11.4. The Morgan fingerprint density at radius 1 is 1.18 bits per heavy atom. The second-order valence-corrected chi connectivity index (χ2v) is 9.74. The van der Waals surface area contributed by atoms with Crippen molar-refractivity contribution in [1.29, 1.82) is 0 Å². The Kier molecular flexibility index (Phi) is 5.09. The largest absolute Gasteiger partial charge is 0.364 e. The summed E-state index contributed by atoms with van der Waals surface area (Å²) >= 11 is 0. The van der Waals surface area contributed by atoms with Crippen LogP contribution in [0, 0.1) is 36.5 Å². The Balaban J connectivity index is 1.79. The molecule has 170 valence electrons. The second-order valence-electron chi connectivity index (χ2n) is 9.74. The van der Waals surface area contributed by atoms with Crippen molar-refractivity contribution in [2.24, 2.45) is 29.6 Å². The number of anilines is 1. The maximum atomic E-state index is 14.3. The van der Waals surface area contributed by atoms with Crippen LogP contribution in [0.2, 0.25) is 0 Å². The Morgan fingerprint density at radius 3 is 2.58 bits per heavy atom. The Labute approximate surface area is 193 Å². The third-order valence-electron chi connectivity index (χ3n) is 7.70. The number of benzene rings is 1. The summed E-state index contributed by atoms with van der Waals surface area (Å²) in [6, 6.07) is 11.2. The molecule has 0 saturated heterocycles. The van der Waals surface area contributed by atoms with Gasteiger partial charge in [0.2, 0.25) is 5.91 Å². The number of methoxy groups -OCH3 is 1. The van der Waals surface area contributed by atoms with E-state index in [0.29, 0.717) is 11.4 Å². The first-order chi connectivity index (χ1) is 15.8. The van der Waals surface area contributed by atoms with Gasteiger partial charge in [-0.05, 0) is 36.8 Å². The van der Waals surface area contributed by atoms with Crippen molar-refractivity contribution in [2.45, 2.75) is 26.2 Å². The number of allylic oxidation sites excluding steroid dienone is 2. The highest BCUT2D eigenvalue weighted by molar-refractivity contribution is 6.14. The van der Waals surface area contributed by atoms with Crippen LogP contribution in [0.15, 0.2) is 54.7 Å². The van der Waals surface area contributed by atoms with Gasteiger partial charge >= 0.3 is 0 Å². The number of Topliss-reactive ketones (excluding diaryl/α,β-unsaturated/α-hetero) is 1. The zero-order chi connectivity index (χ0) is 23.5. The monoisotopic (exact) mass is 444 g/mol. The van der Waals surface area contributed by atoms with E-state index in [2.05, 4.69) is 4.98 Å². The first-order valence-corrected chi connectivity index (χ1v) is 11.4. The molecule has 5 rings (SSSR count). The number of nitrogens with zero attached hydrogens (tertiary/aromatic N) is 2. The lowest BCUT2D eigenvalue weighted by molar-refractivity contribution is -0.128. The fourth-order valence-corrected chi connectivity index (χ4v) is 6.62. The van der Waals surface area contributed by atoms with Gasteiger partial charge in [-0.25, -0.2) is 4.98 Å². The van der Waals surface area contributed by atoms with Crippen molar-refractivity contribution in [3.63, 3.8) is 0 Å². The summed E-state index contributed by atoms with van der Waals surface area (Å²) < 4.78 is 5.36. The zero-order valence-electron chi connectivity index (χ0n) is 19.3. The maximum absolute atomic E-state index is 14.3. The van der Waals surface area contributed by atoms with Gasteiger partial charge in [0.1, 0.15) is 12.5 Å². The van der Waals surface area contributed by atoms with Crippen LogP contribution >= 0.6 is 0 Å². The number of aryl methyl sites for hydroxylation is 1. The summed E-state index contributed by atoms with van der Waals surface area (Å²) in [5, 5.41) is 0. The third-order valence-corrected chi connectivity index (χ3v) is 7.70. The van der Waals surface area contributed by atoms with Gasteiger partial charge in [-0.15, -0.1) is 0 Å². The molecule has 1 spiro atoms. The molecule has 0 bridgehead atoms. The summed E-state index contributed by atoms with van der Waals surface area (Å²) in [4.78, 5) is 47.7. The molecule has 0 radical (unpaired) electrons. The number of amides is 1. The molecule has 6 heteroatoms. The van der Waals surface area contributed by atoms with Gasteiger partial charge < -0.3 is 4.74 Å². The van der Waals surface area contributed by atoms with Crippen LogP contribution in [0.1, 0.15) is 35.3 Å². The average molecular weight is 445 g/mol.